The summed E-state index contributed by atoms with van der Waals surface area (Å²) in [6, 6.07) is 9.14. The van der Waals surface area contributed by atoms with Crippen molar-refractivity contribution in [2.24, 2.45) is 0 Å². The molecule has 1 saturated carbocycles. The van der Waals surface area contributed by atoms with Crippen molar-refractivity contribution in [3.05, 3.63) is 34.3 Å². The van der Waals surface area contributed by atoms with Crippen LogP contribution in [0.5, 0.6) is 0 Å². The molecule has 3 nitrogen and oxygen atoms in total. The van der Waals surface area contributed by atoms with Gasteiger partial charge in [0.15, 0.2) is 0 Å². The van der Waals surface area contributed by atoms with E-state index >= 15 is 0 Å². The summed E-state index contributed by atoms with van der Waals surface area (Å²) in [5.41, 5.74) is 0.949. The summed E-state index contributed by atoms with van der Waals surface area (Å²) in [6.45, 7) is 3.74. The minimum Gasteiger partial charge on any atom is -0.387 e. The number of hydrogen-bond acceptors (Lipinski definition) is 3. The van der Waals surface area contributed by atoms with Crippen LogP contribution in [0.2, 0.25) is 0 Å². The maximum atomic E-state index is 10.1. The lowest BCUT2D eigenvalue weighted by molar-refractivity contribution is 0.167. The maximum Gasteiger partial charge on any atom is 0.0914 e. The summed E-state index contributed by atoms with van der Waals surface area (Å²) in [5, 5.41) is 13.5. The summed E-state index contributed by atoms with van der Waals surface area (Å²) in [4.78, 5) is 2.43. The molecule has 1 aliphatic carbocycles. The van der Waals surface area contributed by atoms with Crippen LogP contribution in [0, 0.1) is 0 Å². The van der Waals surface area contributed by atoms with Crippen LogP contribution < -0.4 is 5.32 Å². The molecular formula is C15H23BrN2O. The van der Waals surface area contributed by atoms with Gasteiger partial charge in [-0.05, 0) is 44.5 Å². The van der Waals surface area contributed by atoms with Gasteiger partial charge in [-0.1, -0.05) is 28.1 Å². The van der Waals surface area contributed by atoms with E-state index in [1.54, 1.807) is 0 Å². The van der Waals surface area contributed by atoms with Gasteiger partial charge in [0.2, 0.25) is 0 Å². The standard InChI is InChI=1S/C15H23BrN2O/c1-11(18(2)14-6-7-14)9-17-10-15(19)12-4-3-5-13(16)8-12/h3-5,8,11,14-15,17,19H,6-7,9-10H2,1-2H3. The maximum absolute atomic E-state index is 10.1. The molecule has 106 valence electrons. The molecule has 0 saturated heterocycles. The highest BCUT2D eigenvalue weighted by Gasteiger charge is 2.28. The Morgan fingerprint density at radius 1 is 1.42 bits per heavy atom. The lowest BCUT2D eigenvalue weighted by Gasteiger charge is -2.25. The molecule has 0 heterocycles. The smallest absolute Gasteiger partial charge is 0.0914 e. The number of aliphatic hydroxyl groups excluding tert-OH is 1. The van der Waals surface area contributed by atoms with Gasteiger partial charge in [-0.15, -0.1) is 0 Å². The van der Waals surface area contributed by atoms with Gasteiger partial charge in [0.1, 0.15) is 0 Å². The van der Waals surface area contributed by atoms with Gasteiger partial charge in [0.05, 0.1) is 6.10 Å². The second kappa shape index (κ2) is 6.84. The lowest BCUT2D eigenvalue weighted by atomic mass is 10.1. The fraction of sp³-hybridized carbons (Fsp3) is 0.600. The zero-order chi connectivity index (χ0) is 13.8. The fourth-order valence-electron chi connectivity index (χ4n) is 2.25. The number of likely N-dealkylation sites (N-methyl/N-ethyl adjacent to an activating group) is 1. The first-order valence-corrected chi connectivity index (χ1v) is 7.73. The van der Waals surface area contributed by atoms with E-state index in [9.17, 15) is 5.11 Å². The van der Waals surface area contributed by atoms with Crippen LogP contribution >= 0.6 is 15.9 Å². The summed E-state index contributed by atoms with van der Waals surface area (Å²) in [7, 11) is 2.19. The van der Waals surface area contributed by atoms with E-state index in [0.717, 1.165) is 22.6 Å². The first-order valence-electron chi connectivity index (χ1n) is 6.94. The highest BCUT2D eigenvalue weighted by Crippen LogP contribution is 2.26. The molecule has 0 amide bonds. The Balaban J connectivity index is 1.72. The first kappa shape index (κ1) is 15.0. The van der Waals surface area contributed by atoms with Gasteiger partial charge in [-0.3, -0.25) is 4.90 Å². The van der Waals surface area contributed by atoms with Crippen molar-refractivity contribution in [1.29, 1.82) is 0 Å². The average molecular weight is 327 g/mol. The molecule has 2 unspecified atom stereocenters. The molecule has 1 aromatic carbocycles. The monoisotopic (exact) mass is 326 g/mol. The molecule has 1 aromatic rings. The molecule has 1 fully saturated rings. The Morgan fingerprint density at radius 3 is 2.79 bits per heavy atom. The van der Waals surface area contributed by atoms with E-state index < -0.39 is 6.10 Å². The third-order valence-electron chi connectivity index (χ3n) is 3.83. The van der Waals surface area contributed by atoms with E-state index in [4.69, 9.17) is 0 Å². The quantitative estimate of drug-likeness (QED) is 0.808. The van der Waals surface area contributed by atoms with Crippen molar-refractivity contribution in [3.8, 4) is 0 Å². The number of aliphatic hydroxyl groups is 1. The summed E-state index contributed by atoms with van der Waals surface area (Å²) in [6.07, 6.45) is 2.22. The SMILES string of the molecule is CC(CNCC(O)c1cccc(Br)c1)N(C)C1CC1. The van der Waals surface area contributed by atoms with E-state index in [1.807, 2.05) is 24.3 Å². The van der Waals surface area contributed by atoms with Crippen LogP contribution in [0.25, 0.3) is 0 Å². The van der Waals surface area contributed by atoms with Crippen LogP contribution in [0.1, 0.15) is 31.4 Å². The average Bonchev–Trinajstić information content (AvgIpc) is 3.21. The topological polar surface area (TPSA) is 35.5 Å². The van der Waals surface area contributed by atoms with E-state index in [1.165, 1.54) is 12.8 Å². The largest absolute Gasteiger partial charge is 0.387 e. The number of halogens is 1. The van der Waals surface area contributed by atoms with Crippen molar-refractivity contribution in [1.82, 2.24) is 10.2 Å². The number of hydrogen-bond donors (Lipinski definition) is 2. The normalized spacial score (nSPS) is 18.6. The number of benzene rings is 1. The Morgan fingerprint density at radius 2 is 2.16 bits per heavy atom. The van der Waals surface area contributed by atoms with E-state index in [-0.39, 0.29) is 0 Å². The van der Waals surface area contributed by atoms with Crippen LogP contribution in [0.4, 0.5) is 0 Å². The molecule has 0 bridgehead atoms. The van der Waals surface area contributed by atoms with Gasteiger partial charge in [0.25, 0.3) is 0 Å². The van der Waals surface area contributed by atoms with Crippen molar-refractivity contribution < 1.29 is 5.11 Å². The van der Waals surface area contributed by atoms with E-state index in [2.05, 4.69) is 40.1 Å². The van der Waals surface area contributed by atoms with Gasteiger partial charge >= 0.3 is 0 Å². The molecule has 0 radical (unpaired) electrons. The van der Waals surface area contributed by atoms with Crippen molar-refractivity contribution in [2.75, 3.05) is 20.1 Å². The zero-order valence-corrected chi connectivity index (χ0v) is 13.2. The minimum atomic E-state index is -0.448. The predicted octanol–water partition coefficient (Wildman–Crippen LogP) is 2.55. The molecule has 0 spiro atoms. The molecule has 19 heavy (non-hydrogen) atoms. The molecule has 0 aliphatic heterocycles. The third kappa shape index (κ3) is 4.56. The van der Waals surface area contributed by atoms with Crippen LogP contribution in [-0.4, -0.2) is 42.2 Å². The van der Waals surface area contributed by atoms with Gasteiger partial charge in [-0.25, -0.2) is 0 Å². The van der Waals surface area contributed by atoms with Crippen LogP contribution in [-0.2, 0) is 0 Å². The zero-order valence-electron chi connectivity index (χ0n) is 11.6. The van der Waals surface area contributed by atoms with Crippen molar-refractivity contribution in [3.63, 3.8) is 0 Å². The summed E-state index contributed by atoms with van der Waals surface area (Å²) < 4.78 is 1.01. The minimum absolute atomic E-state index is 0.448. The third-order valence-corrected chi connectivity index (χ3v) is 4.32. The Kier molecular flexibility index (Phi) is 5.39. The van der Waals surface area contributed by atoms with Gasteiger partial charge in [0, 0.05) is 29.6 Å². The molecule has 2 N–H and O–H groups in total. The molecule has 0 aromatic heterocycles. The molecular weight excluding hydrogens is 304 g/mol. The summed E-state index contributed by atoms with van der Waals surface area (Å²) in [5.74, 6) is 0. The molecule has 4 heteroatoms. The Hall–Kier alpha value is -0.420. The Labute approximate surface area is 124 Å². The van der Waals surface area contributed by atoms with Crippen molar-refractivity contribution in [2.45, 2.75) is 38.0 Å². The van der Waals surface area contributed by atoms with Gasteiger partial charge < -0.3 is 10.4 Å². The lowest BCUT2D eigenvalue weighted by Crippen LogP contribution is -2.40. The number of nitrogens with one attached hydrogen (secondary N) is 1. The number of rotatable bonds is 7. The highest BCUT2D eigenvalue weighted by atomic mass is 79.9. The first-order chi connectivity index (χ1) is 9.08. The second-order valence-electron chi connectivity index (χ2n) is 5.47. The molecule has 2 atom stereocenters. The molecule has 1 aliphatic rings. The van der Waals surface area contributed by atoms with E-state index in [0.29, 0.717) is 12.6 Å². The summed E-state index contributed by atoms with van der Waals surface area (Å²) >= 11 is 3.43. The highest BCUT2D eigenvalue weighted by molar-refractivity contribution is 9.10. The Bertz CT molecular complexity index is 409. The molecule has 2 rings (SSSR count). The predicted molar refractivity (Wildman–Crippen MR) is 82.2 cm³/mol. The van der Waals surface area contributed by atoms with Gasteiger partial charge in [-0.2, -0.15) is 0 Å². The van der Waals surface area contributed by atoms with Crippen LogP contribution in [0.15, 0.2) is 28.7 Å². The van der Waals surface area contributed by atoms with Crippen molar-refractivity contribution >= 4 is 15.9 Å². The second-order valence-corrected chi connectivity index (χ2v) is 6.39. The fourth-order valence-corrected chi connectivity index (χ4v) is 2.66. The number of nitrogens with zero attached hydrogens (tertiary/aromatic N) is 1. The van der Waals surface area contributed by atoms with Crippen LogP contribution in [0.3, 0.4) is 0 Å².